The molecule has 0 aliphatic rings. The summed E-state index contributed by atoms with van der Waals surface area (Å²) in [6.07, 6.45) is 3.25. The molecule has 1 aromatic carbocycles. The lowest BCUT2D eigenvalue weighted by molar-refractivity contribution is 0.281. The minimum absolute atomic E-state index is 0.179. The average molecular weight is 306 g/mol. The van der Waals surface area contributed by atoms with Gasteiger partial charge in [-0.05, 0) is 48.2 Å². The summed E-state index contributed by atoms with van der Waals surface area (Å²) in [5.41, 5.74) is 2.89. The summed E-state index contributed by atoms with van der Waals surface area (Å²) in [5, 5.41) is 9.23. The highest BCUT2D eigenvalue weighted by Crippen LogP contribution is 2.21. The van der Waals surface area contributed by atoms with E-state index >= 15 is 0 Å². The van der Waals surface area contributed by atoms with E-state index in [2.05, 4.69) is 9.71 Å². The molecule has 2 N–H and O–H groups in total. The van der Waals surface area contributed by atoms with Crippen LogP contribution in [-0.2, 0) is 23.2 Å². The molecule has 0 unspecified atom stereocenters. The molecule has 0 aliphatic heterocycles. The van der Waals surface area contributed by atoms with Crippen LogP contribution in [0.2, 0.25) is 0 Å². The molecule has 0 atom stereocenters. The van der Waals surface area contributed by atoms with E-state index in [-0.39, 0.29) is 18.0 Å². The molecule has 0 spiro atoms. The van der Waals surface area contributed by atoms with Crippen LogP contribution < -0.4 is 4.72 Å². The number of nitrogens with zero attached hydrogens (tertiary/aromatic N) is 1. The van der Waals surface area contributed by atoms with Crippen molar-refractivity contribution in [1.29, 1.82) is 0 Å². The molecule has 2 rings (SSSR count). The predicted molar refractivity (Wildman–Crippen MR) is 80.1 cm³/mol. The lowest BCUT2D eigenvalue weighted by atomic mass is 10.1. The number of aliphatic hydroxyl groups excluding tert-OH is 1. The topological polar surface area (TPSA) is 79.3 Å². The second kappa shape index (κ2) is 6.34. The Morgan fingerprint density at radius 1 is 1.24 bits per heavy atom. The highest BCUT2D eigenvalue weighted by Gasteiger charge is 2.18. The Bertz CT molecular complexity index is 728. The second-order valence-corrected chi connectivity index (χ2v) is 6.62. The monoisotopic (exact) mass is 306 g/mol. The highest BCUT2D eigenvalue weighted by molar-refractivity contribution is 7.89. The van der Waals surface area contributed by atoms with Crippen molar-refractivity contribution in [3.63, 3.8) is 0 Å². The van der Waals surface area contributed by atoms with Crippen molar-refractivity contribution in [3.8, 4) is 0 Å². The minimum Gasteiger partial charge on any atom is -0.392 e. The number of aliphatic hydroxyl groups is 1. The Balaban J connectivity index is 2.29. The molecule has 112 valence electrons. The van der Waals surface area contributed by atoms with Crippen LogP contribution in [0, 0.1) is 13.8 Å². The van der Waals surface area contributed by atoms with Gasteiger partial charge in [0.15, 0.2) is 0 Å². The summed E-state index contributed by atoms with van der Waals surface area (Å²) < 4.78 is 27.4. The van der Waals surface area contributed by atoms with Gasteiger partial charge in [0.2, 0.25) is 10.0 Å². The van der Waals surface area contributed by atoms with Crippen molar-refractivity contribution in [2.24, 2.45) is 0 Å². The molecular formula is C15H18N2O3S. The van der Waals surface area contributed by atoms with Crippen molar-refractivity contribution in [2.75, 3.05) is 0 Å². The number of pyridine rings is 1. The van der Waals surface area contributed by atoms with Gasteiger partial charge in [-0.15, -0.1) is 0 Å². The number of hydrogen-bond acceptors (Lipinski definition) is 4. The van der Waals surface area contributed by atoms with Gasteiger partial charge in [0.05, 0.1) is 11.5 Å². The van der Waals surface area contributed by atoms with Gasteiger partial charge in [0.25, 0.3) is 0 Å². The summed E-state index contributed by atoms with van der Waals surface area (Å²) in [7, 11) is -3.63. The van der Waals surface area contributed by atoms with Crippen molar-refractivity contribution in [3.05, 3.63) is 58.9 Å². The maximum absolute atomic E-state index is 12.4. The zero-order valence-electron chi connectivity index (χ0n) is 12.0. The van der Waals surface area contributed by atoms with E-state index in [4.69, 9.17) is 0 Å². The molecule has 0 saturated carbocycles. The molecule has 1 aromatic heterocycles. The Morgan fingerprint density at radius 2 is 2.00 bits per heavy atom. The van der Waals surface area contributed by atoms with Crippen LogP contribution in [0.3, 0.4) is 0 Å². The lowest BCUT2D eigenvalue weighted by Gasteiger charge is -2.13. The third kappa shape index (κ3) is 3.66. The van der Waals surface area contributed by atoms with Crippen molar-refractivity contribution in [1.82, 2.24) is 9.71 Å². The van der Waals surface area contributed by atoms with Crippen molar-refractivity contribution < 1.29 is 13.5 Å². The summed E-state index contributed by atoms with van der Waals surface area (Å²) >= 11 is 0. The molecule has 6 heteroatoms. The second-order valence-electron chi connectivity index (χ2n) is 4.88. The number of benzene rings is 1. The zero-order valence-corrected chi connectivity index (χ0v) is 12.8. The van der Waals surface area contributed by atoms with Crippen LogP contribution in [0.25, 0.3) is 0 Å². The van der Waals surface area contributed by atoms with E-state index in [9.17, 15) is 13.5 Å². The van der Waals surface area contributed by atoms with Crippen LogP contribution in [0.5, 0.6) is 0 Å². The highest BCUT2D eigenvalue weighted by atomic mass is 32.2. The molecule has 5 nitrogen and oxygen atoms in total. The van der Waals surface area contributed by atoms with Crippen molar-refractivity contribution in [2.45, 2.75) is 31.9 Å². The fourth-order valence-corrected chi connectivity index (χ4v) is 3.41. The number of nitrogens with one attached hydrogen (secondary N) is 1. The van der Waals surface area contributed by atoms with Gasteiger partial charge in [-0.1, -0.05) is 12.1 Å². The van der Waals surface area contributed by atoms with Crippen LogP contribution in [0.4, 0.5) is 0 Å². The van der Waals surface area contributed by atoms with E-state index in [0.717, 1.165) is 11.1 Å². The maximum atomic E-state index is 12.4. The summed E-state index contributed by atoms with van der Waals surface area (Å²) in [6.45, 7) is 3.58. The van der Waals surface area contributed by atoms with E-state index in [1.54, 1.807) is 37.5 Å². The summed E-state index contributed by atoms with van der Waals surface area (Å²) in [6, 6.07) is 6.85. The molecule has 0 fully saturated rings. The summed E-state index contributed by atoms with van der Waals surface area (Å²) in [5.74, 6) is 0. The number of rotatable bonds is 5. The third-order valence-electron chi connectivity index (χ3n) is 3.34. The quantitative estimate of drug-likeness (QED) is 0.880. The van der Waals surface area contributed by atoms with Gasteiger partial charge < -0.3 is 5.11 Å². The third-order valence-corrected chi connectivity index (χ3v) is 4.87. The molecular weight excluding hydrogens is 288 g/mol. The molecule has 0 saturated heterocycles. The normalized spacial score (nSPS) is 11.6. The first-order valence-corrected chi connectivity index (χ1v) is 8.02. The predicted octanol–water partition coefficient (Wildman–Crippen LogP) is 1.67. The van der Waals surface area contributed by atoms with Gasteiger partial charge in [0.1, 0.15) is 0 Å². The Labute approximate surface area is 124 Å². The number of aromatic nitrogens is 1. The largest absolute Gasteiger partial charge is 0.392 e. The van der Waals surface area contributed by atoms with Crippen LogP contribution in [-0.4, -0.2) is 18.5 Å². The SMILES string of the molecule is Cc1cc(CO)cc(S(=O)(=O)NCc2cccnc2)c1C. The maximum Gasteiger partial charge on any atom is 0.241 e. The molecule has 0 amide bonds. The van der Waals surface area contributed by atoms with Crippen molar-refractivity contribution >= 4 is 10.0 Å². The molecule has 2 aromatic rings. The number of hydrogen-bond donors (Lipinski definition) is 2. The first-order chi connectivity index (χ1) is 9.94. The first-order valence-electron chi connectivity index (χ1n) is 6.53. The van der Waals surface area contributed by atoms with Gasteiger partial charge in [-0.2, -0.15) is 0 Å². The van der Waals surface area contributed by atoms with Gasteiger partial charge >= 0.3 is 0 Å². The van der Waals surface area contributed by atoms with Crippen LogP contribution >= 0.6 is 0 Å². The Morgan fingerprint density at radius 3 is 2.62 bits per heavy atom. The Hall–Kier alpha value is -1.76. The average Bonchev–Trinajstić information content (AvgIpc) is 2.48. The molecule has 1 heterocycles. The smallest absolute Gasteiger partial charge is 0.241 e. The van der Waals surface area contributed by atoms with Crippen LogP contribution in [0.15, 0.2) is 41.6 Å². The van der Waals surface area contributed by atoms with Gasteiger partial charge in [-0.25, -0.2) is 13.1 Å². The van der Waals surface area contributed by atoms with E-state index < -0.39 is 10.0 Å². The van der Waals surface area contributed by atoms with E-state index in [1.807, 2.05) is 6.92 Å². The van der Waals surface area contributed by atoms with E-state index in [1.165, 1.54) is 6.07 Å². The minimum atomic E-state index is -3.63. The first kappa shape index (κ1) is 15.6. The Kier molecular flexibility index (Phi) is 4.72. The lowest BCUT2D eigenvalue weighted by Crippen LogP contribution is -2.24. The zero-order chi connectivity index (χ0) is 15.5. The molecule has 0 aliphatic carbocycles. The van der Waals surface area contributed by atoms with Gasteiger partial charge in [0, 0.05) is 18.9 Å². The van der Waals surface area contributed by atoms with Gasteiger partial charge in [-0.3, -0.25) is 4.98 Å². The number of aryl methyl sites for hydroxylation is 1. The molecule has 0 bridgehead atoms. The summed E-state index contributed by atoms with van der Waals surface area (Å²) in [4.78, 5) is 4.15. The van der Waals surface area contributed by atoms with Crippen LogP contribution in [0.1, 0.15) is 22.3 Å². The molecule has 21 heavy (non-hydrogen) atoms. The number of sulfonamides is 1. The van der Waals surface area contributed by atoms with E-state index in [0.29, 0.717) is 11.1 Å². The fourth-order valence-electron chi connectivity index (χ4n) is 2.03. The molecule has 0 radical (unpaired) electrons. The fraction of sp³-hybridized carbons (Fsp3) is 0.267. The standard InChI is InChI=1S/C15H18N2O3S/c1-11-6-14(10-18)7-15(12(11)2)21(19,20)17-9-13-4-3-5-16-8-13/h3-8,17-18H,9-10H2,1-2H3.